The SMILES string of the molecule is CC(=O)OCC1OC(SP(C)C)C(OC(C)=O)C(OC(C)=O)C1OC(C)=O. The van der Waals surface area contributed by atoms with Crippen LogP contribution >= 0.6 is 18.5 Å². The molecule has 0 amide bonds. The second kappa shape index (κ2) is 10.8. The van der Waals surface area contributed by atoms with E-state index in [1.165, 1.54) is 39.1 Å². The molecule has 9 nitrogen and oxygen atoms in total. The minimum absolute atomic E-state index is 0.208. The minimum atomic E-state index is -1.10. The van der Waals surface area contributed by atoms with E-state index >= 15 is 0 Å². The Labute approximate surface area is 163 Å². The highest BCUT2D eigenvalue weighted by Crippen LogP contribution is 2.49. The third-order valence-corrected chi connectivity index (χ3v) is 6.16. The molecule has 5 atom stereocenters. The van der Waals surface area contributed by atoms with Crippen LogP contribution < -0.4 is 0 Å². The van der Waals surface area contributed by atoms with Gasteiger partial charge in [-0.25, -0.2) is 0 Å². The van der Waals surface area contributed by atoms with Crippen molar-refractivity contribution >= 4 is 42.4 Å². The summed E-state index contributed by atoms with van der Waals surface area (Å²) in [5.74, 6) is -2.41. The van der Waals surface area contributed by atoms with E-state index < -0.39 is 60.9 Å². The topological polar surface area (TPSA) is 114 Å². The predicted octanol–water partition coefficient (Wildman–Crippen LogP) is 1.46. The van der Waals surface area contributed by atoms with Gasteiger partial charge in [0.2, 0.25) is 0 Å². The summed E-state index contributed by atoms with van der Waals surface area (Å²) in [5.41, 5.74) is -0.688. The van der Waals surface area contributed by atoms with Crippen molar-refractivity contribution in [3.63, 3.8) is 0 Å². The largest absolute Gasteiger partial charge is 0.463 e. The normalized spacial score (nSPS) is 27.6. The number of esters is 4. The molecule has 5 unspecified atom stereocenters. The van der Waals surface area contributed by atoms with Crippen molar-refractivity contribution < 1.29 is 42.9 Å². The third-order valence-electron chi connectivity index (χ3n) is 3.26. The van der Waals surface area contributed by atoms with E-state index in [9.17, 15) is 19.2 Å². The number of ether oxygens (including phenoxy) is 5. The van der Waals surface area contributed by atoms with Crippen molar-refractivity contribution in [3.05, 3.63) is 0 Å². The fraction of sp³-hybridized carbons (Fsp3) is 0.750. The second-order valence-electron chi connectivity index (χ2n) is 5.99. The average Bonchev–Trinajstić information content (AvgIpc) is 2.49. The Kier molecular flexibility index (Phi) is 9.49. The highest BCUT2D eigenvalue weighted by Gasteiger charge is 2.52. The monoisotopic (exact) mass is 424 g/mol. The number of carbonyl (C=O) groups excluding carboxylic acids is 4. The van der Waals surface area contributed by atoms with Crippen molar-refractivity contribution in [3.8, 4) is 0 Å². The summed E-state index contributed by atoms with van der Waals surface area (Å²) in [7, 11) is -0.542. The van der Waals surface area contributed by atoms with Gasteiger partial charge in [0.15, 0.2) is 18.3 Å². The first-order chi connectivity index (χ1) is 12.5. The lowest BCUT2D eigenvalue weighted by Gasteiger charge is -2.44. The zero-order valence-corrected chi connectivity index (χ0v) is 17.8. The summed E-state index contributed by atoms with van der Waals surface area (Å²) >= 11 is 1.41. The summed E-state index contributed by atoms with van der Waals surface area (Å²) in [4.78, 5) is 46.0. The maximum Gasteiger partial charge on any atom is 0.303 e. The average molecular weight is 424 g/mol. The van der Waals surface area contributed by atoms with Gasteiger partial charge in [-0.05, 0) is 13.3 Å². The molecule has 11 heteroatoms. The molecule has 0 radical (unpaired) electrons. The van der Waals surface area contributed by atoms with Gasteiger partial charge in [0.1, 0.15) is 18.1 Å². The minimum Gasteiger partial charge on any atom is -0.463 e. The van der Waals surface area contributed by atoms with Crippen LogP contribution in [0.2, 0.25) is 0 Å². The maximum atomic E-state index is 11.6. The standard InChI is InChI=1S/C16H25O9PS/c1-8(17)21-7-12-13(22-9(2)18)14(23-10(3)19)15(24-11(4)20)16(25-12)27-26(5)6/h12-16H,7H2,1-6H3. The zero-order chi connectivity index (χ0) is 20.7. The molecule has 0 aromatic rings. The maximum absolute atomic E-state index is 11.6. The first-order valence-corrected chi connectivity index (χ1v) is 11.9. The van der Waals surface area contributed by atoms with Crippen molar-refractivity contribution in [1.29, 1.82) is 0 Å². The van der Waals surface area contributed by atoms with E-state index in [0.29, 0.717) is 0 Å². The number of carbonyl (C=O) groups is 4. The van der Waals surface area contributed by atoms with Gasteiger partial charge in [0.25, 0.3) is 0 Å². The highest BCUT2D eigenvalue weighted by atomic mass is 32.7. The predicted molar refractivity (Wildman–Crippen MR) is 98.3 cm³/mol. The summed E-state index contributed by atoms with van der Waals surface area (Å²) in [5, 5.41) is 0. The number of hydrogen-bond acceptors (Lipinski definition) is 10. The molecule has 154 valence electrons. The smallest absolute Gasteiger partial charge is 0.303 e. The molecule has 1 aliphatic heterocycles. The second-order valence-corrected chi connectivity index (χ2v) is 11.1. The van der Waals surface area contributed by atoms with Crippen molar-refractivity contribution in [2.75, 3.05) is 19.9 Å². The summed E-state index contributed by atoms with van der Waals surface area (Å²) in [6.07, 6.45) is -4.08. The zero-order valence-electron chi connectivity index (χ0n) is 16.1. The molecule has 0 aromatic carbocycles. The Balaban J connectivity index is 3.27. The number of rotatable bonds is 7. The van der Waals surface area contributed by atoms with Crippen LogP contribution in [-0.2, 0) is 42.9 Å². The van der Waals surface area contributed by atoms with Gasteiger partial charge in [-0.1, -0.05) is 18.5 Å². The fourth-order valence-electron chi connectivity index (χ4n) is 2.48. The van der Waals surface area contributed by atoms with Crippen LogP contribution in [0.4, 0.5) is 0 Å². The van der Waals surface area contributed by atoms with Gasteiger partial charge in [-0.2, -0.15) is 0 Å². The van der Waals surface area contributed by atoms with Crippen LogP contribution in [0.3, 0.4) is 0 Å². The van der Waals surface area contributed by atoms with Crippen LogP contribution in [-0.4, -0.2) is 73.7 Å². The summed E-state index contributed by atoms with van der Waals surface area (Å²) < 4.78 is 26.9. The molecule has 1 rings (SSSR count). The molecule has 0 N–H and O–H groups in total. The Morgan fingerprint density at radius 3 is 1.74 bits per heavy atom. The molecule has 0 bridgehead atoms. The third kappa shape index (κ3) is 8.02. The molecule has 0 aliphatic carbocycles. The van der Waals surface area contributed by atoms with Gasteiger partial charge in [-0.3, -0.25) is 19.2 Å². The lowest BCUT2D eigenvalue weighted by Crippen LogP contribution is -2.61. The van der Waals surface area contributed by atoms with Crippen molar-refractivity contribution in [2.45, 2.75) is 57.5 Å². The fourth-order valence-corrected chi connectivity index (χ4v) is 5.18. The van der Waals surface area contributed by atoms with Crippen LogP contribution in [0, 0.1) is 0 Å². The van der Waals surface area contributed by atoms with E-state index in [2.05, 4.69) is 0 Å². The molecule has 27 heavy (non-hydrogen) atoms. The van der Waals surface area contributed by atoms with E-state index in [1.807, 2.05) is 13.3 Å². The lowest BCUT2D eigenvalue weighted by molar-refractivity contribution is -0.237. The Bertz CT molecular complexity index is 568. The quantitative estimate of drug-likeness (QED) is 0.338. The first kappa shape index (κ1) is 23.7. The van der Waals surface area contributed by atoms with Crippen molar-refractivity contribution in [2.24, 2.45) is 0 Å². The molecule has 1 saturated heterocycles. The van der Waals surface area contributed by atoms with Crippen LogP contribution in [0.15, 0.2) is 0 Å². The van der Waals surface area contributed by atoms with Gasteiger partial charge < -0.3 is 23.7 Å². The summed E-state index contributed by atoms with van der Waals surface area (Å²) in [6, 6.07) is 0. The Morgan fingerprint density at radius 2 is 1.30 bits per heavy atom. The Morgan fingerprint density at radius 1 is 0.815 bits per heavy atom. The van der Waals surface area contributed by atoms with E-state index in [1.54, 1.807) is 0 Å². The Hall–Kier alpha value is -1.38. The summed E-state index contributed by atoms with van der Waals surface area (Å²) in [6.45, 7) is 8.59. The highest BCUT2D eigenvalue weighted by molar-refractivity contribution is 8.55. The first-order valence-electron chi connectivity index (χ1n) is 8.15. The molecule has 0 saturated carbocycles. The molecular weight excluding hydrogens is 399 g/mol. The molecule has 0 spiro atoms. The molecule has 1 fully saturated rings. The lowest BCUT2D eigenvalue weighted by atomic mass is 9.99. The van der Waals surface area contributed by atoms with Crippen molar-refractivity contribution in [1.82, 2.24) is 0 Å². The molecule has 1 heterocycles. The van der Waals surface area contributed by atoms with Gasteiger partial charge >= 0.3 is 23.9 Å². The van der Waals surface area contributed by atoms with Crippen LogP contribution in [0.25, 0.3) is 0 Å². The van der Waals surface area contributed by atoms with Gasteiger partial charge in [-0.15, -0.1) is 0 Å². The van der Waals surface area contributed by atoms with Gasteiger partial charge in [0, 0.05) is 27.7 Å². The van der Waals surface area contributed by atoms with E-state index in [-0.39, 0.29) is 6.61 Å². The van der Waals surface area contributed by atoms with E-state index in [0.717, 1.165) is 0 Å². The van der Waals surface area contributed by atoms with Crippen LogP contribution in [0.1, 0.15) is 27.7 Å². The molecular formula is C16H25O9PS. The molecule has 1 aliphatic rings. The molecule has 0 aromatic heterocycles. The van der Waals surface area contributed by atoms with E-state index in [4.69, 9.17) is 23.7 Å². The van der Waals surface area contributed by atoms with Crippen LogP contribution in [0.5, 0.6) is 0 Å². The number of hydrogen-bond donors (Lipinski definition) is 0. The van der Waals surface area contributed by atoms with Gasteiger partial charge in [0.05, 0.1) is 0 Å².